The third-order valence-corrected chi connectivity index (χ3v) is 4.79. The molecule has 0 radical (unpaired) electrons. The van der Waals surface area contributed by atoms with E-state index in [1.54, 1.807) is 18.2 Å². The fraction of sp³-hybridized carbons (Fsp3) is 0.333. The minimum absolute atomic E-state index is 0.163. The molecule has 2 N–H and O–H groups in total. The lowest BCUT2D eigenvalue weighted by atomic mass is 10.1. The molecule has 2 rings (SSSR count). The van der Waals surface area contributed by atoms with Gasteiger partial charge in [0.15, 0.2) is 11.5 Å². The zero-order valence-electron chi connectivity index (χ0n) is 14.6. The molecule has 0 saturated heterocycles. The van der Waals surface area contributed by atoms with Crippen molar-refractivity contribution in [2.24, 2.45) is 0 Å². The Hall–Kier alpha value is -2.54. The van der Waals surface area contributed by atoms with E-state index in [1.807, 2.05) is 20.8 Å². The summed E-state index contributed by atoms with van der Waals surface area (Å²) in [5.74, 6) is -0.439. The van der Waals surface area contributed by atoms with Gasteiger partial charge in [-0.1, -0.05) is 6.92 Å². The molecule has 0 bridgehead atoms. The number of carbonyl (C=O) groups is 2. The standard InChI is InChI=1S/C18H21NO5S/c1-5-12-10(3)25-17(15(12)18(21)22)19-16(20)11-7-8-13(24-6-2)14(9-11)23-4/h7-9H,5-6H2,1-4H3,(H,19,20)(H,21,22). The maximum atomic E-state index is 12.5. The van der Waals surface area contributed by atoms with Crippen molar-refractivity contribution < 1.29 is 24.2 Å². The van der Waals surface area contributed by atoms with Crippen LogP contribution in [0.5, 0.6) is 11.5 Å². The van der Waals surface area contributed by atoms with Crippen LogP contribution in [-0.2, 0) is 6.42 Å². The summed E-state index contributed by atoms with van der Waals surface area (Å²) in [6, 6.07) is 4.85. The van der Waals surface area contributed by atoms with Crippen molar-refractivity contribution in [3.05, 3.63) is 39.8 Å². The van der Waals surface area contributed by atoms with Gasteiger partial charge in [-0.05, 0) is 44.0 Å². The largest absolute Gasteiger partial charge is 0.493 e. The molecule has 0 aliphatic carbocycles. The van der Waals surface area contributed by atoms with Gasteiger partial charge in [0.05, 0.1) is 19.3 Å². The number of thiophene rings is 1. The van der Waals surface area contributed by atoms with Crippen LogP contribution in [0.2, 0.25) is 0 Å². The summed E-state index contributed by atoms with van der Waals surface area (Å²) in [4.78, 5) is 25.0. The first-order valence-corrected chi connectivity index (χ1v) is 8.72. The Morgan fingerprint density at radius 3 is 2.52 bits per heavy atom. The van der Waals surface area contributed by atoms with E-state index in [2.05, 4.69) is 5.32 Å². The van der Waals surface area contributed by atoms with Crippen LogP contribution in [0.3, 0.4) is 0 Å². The lowest BCUT2D eigenvalue weighted by Gasteiger charge is -2.11. The van der Waals surface area contributed by atoms with E-state index >= 15 is 0 Å². The number of rotatable bonds is 7. The third kappa shape index (κ3) is 3.93. The van der Waals surface area contributed by atoms with Gasteiger partial charge < -0.3 is 19.9 Å². The summed E-state index contributed by atoms with van der Waals surface area (Å²) < 4.78 is 10.7. The number of ether oxygens (including phenoxy) is 2. The molecule has 1 amide bonds. The highest BCUT2D eigenvalue weighted by molar-refractivity contribution is 7.16. The third-order valence-electron chi connectivity index (χ3n) is 3.73. The number of hydrogen-bond donors (Lipinski definition) is 2. The van der Waals surface area contributed by atoms with E-state index in [0.29, 0.717) is 35.1 Å². The molecular weight excluding hydrogens is 342 g/mol. The number of nitrogens with one attached hydrogen (secondary N) is 1. The van der Waals surface area contributed by atoms with Crippen molar-refractivity contribution in [3.63, 3.8) is 0 Å². The van der Waals surface area contributed by atoms with Crippen LogP contribution in [-0.4, -0.2) is 30.7 Å². The van der Waals surface area contributed by atoms with Gasteiger partial charge in [0.2, 0.25) is 0 Å². The molecule has 7 heteroatoms. The van der Waals surface area contributed by atoms with Crippen LogP contribution in [0.1, 0.15) is 45.0 Å². The zero-order chi connectivity index (χ0) is 18.6. The average Bonchev–Trinajstić information content (AvgIpc) is 2.90. The lowest BCUT2D eigenvalue weighted by Crippen LogP contribution is -2.14. The number of methoxy groups -OCH3 is 1. The number of carboxylic acid groups (broad SMARTS) is 1. The summed E-state index contributed by atoms with van der Waals surface area (Å²) in [6.45, 7) is 6.09. The zero-order valence-corrected chi connectivity index (χ0v) is 15.5. The van der Waals surface area contributed by atoms with E-state index < -0.39 is 11.9 Å². The van der Waals surface area contributed by atoms with Gasteiger partial charge in [-0.15, -0.1) is 11.3 Å². The molecule has 0 fully saturated rings. The molecule has 0 aliphatic rings. The molecule has 1 heterocycles. The SMILES string of the molecule is CCOc1ccc(C(=O)Nc2sc(C)c(CC)c2C(=O)O)cc1OC. The van der Waals surface area contributed by atoms with Gasteiger partial charge in [-0.3, -0.25) is 4.79 Å². The smallest absolute Gasteiger partial charge is 0.339 e. The summed E-state index contributed by atoms with van der Waals surface area (Å²) in [5.41, 5.74) is 1.27. The van der Waals surface area contributed by atoms with E-state index in [4.69, 9.17) is 9.47 Å². The fourth-order valence-corrected chi connectivity index (χ4v) is 3.71. The second kappa shape index (κ2) is 8.02. The first-order valence-electron chi connectivity index (χ1n) is 7.90. The van der Waals surface area contributed by atoms with Gasteiger partial charge in [0.25, 0.3) is 5.91 Å². The fourth-order valence-electron chi connectivity index (χ4n) is 2.58. The van der Waals surface area contributed by atoms with Crippen molar-refractivity contribution in [1.82, 2.24) is 0 Å². The van der Waals surface area contributed by atoms with Gasteiger partial charge in [-0.25, -0.2) is 4.79 Å². The minimum atomic E-state index is -1.04. The van der Waals surface area contributed by atoms with Gasteiger partial charge in [-0.2, -0.15) is 0 Å². The second-order valence-corrected chi connectivity index (χ2v) is 6.48. The van der Waals surface area contributed by atoms with Gasteiger partial charge in [0.1, 0.15) is 5.00 Å². The Bertz CT molecular complexity index is 797. The Morgan fingerprint density at radius 2 is 1.96 bits per heavy atom. The molecular formula is C18H21NO5S. The number of hydrogen-bond acceptors (Lipinski definition) is 5. The predicted molar refractivity (Wildman–Crippen MR) is 97.5 cm³/mol. The lowest BCUT2D eigenvalue weighted by molar-refractivity contribution is 0.0697. The normalized spacial score (nSPS) is 10.4. The number of aryl methyl sites for hydroxylation is 1. The first-order chi connectivity index (χ1) is 11.9. The highest BCUT2D eigenvalue weighted by atomic mass is 32.1. The molecule has 0 spiro atoms. The predicted octanol–water partition coefficient (Wildman–Crippen LogP) is 3.98. The molecule has 0 unspecified atom stereocenters. The van der Waals surface area contributed by atoms with Crippen LogP contribution < -0.4 is 14.8 Å². The first kappa shape index (κ1) is 18.8. The molecule has 1 aromatic heterocycles. The van der Waals surface area contributed by atoms with Crippen molar-refractivity contribution in [3.8, 4) is 11.5 Å². The van der Waals surface area contributed by atoms with Crippen LogP contribution in [0.15, 0.2) is 18.2 Å². The molecule has 0 atom stereocenters. The number of carboxylic acids is 1. The van der Waals surface area contributed by atoms with Crippen LogP contribution in [0.4, 0.5) is 5.00 Å². The van der Waals surface area contributed by atoms with E-state index in [9.17, 15) is 14.7 Å². The van der Waals surface area contributed by atoms with Crippen LogP contribution in [0.25, 0.3) is 0 Å². The minimum Gasteiger partial charge on any atom is -0.493 e. The highest BCUT2D eigenvalue weighted by Gasteiger charge is 2.22. The maximum Gasteiger partial charge on any atom is 0.339 e. The molecule has 2 aromatic rings. The number of carbonyl (C=O) groups excluding carboxylic acids is 1. The van der Waals surface area contributed by atoms with Gasteiger partial charge in [0, 0.05) is 10.4 Å². The van der Waals surface area contributed by atoms with Crippen molar-refractivity contribution in [1.29, 1.82) is 0 Å². The summed E-state index contributed by atoms with van der Waals surface area (Å²) in [7, 11) is 1.50. The molecule has 0 aliphatic heterocycles. The number of benzene rings is 1. The number of aromatic carboxylic acids is 1. The van der Waals surface area contributed by atoms with E-state index in [1.165, 1.54) is 18.4 Å². The monoisotopic (exact) mass is 363 g/mol. The summed E-state index contributed by atoms with van der Waals surface area (Å²) >= 11 is 1.27. The van der Waals surface area contributed by atoms with Crippen LogP contribution >= 0.6 is 11.3 Å². The Balaban J connectivity index is 2.33. The maximum absolute atomic E-state index is 12.5. The molecule has 25 heavy (non-hydrogen) atoms. The summed E-state index contributed by atoms with van der Waals surface area (Å²) in [6.07, 6.45) is 0.594. The molecule has 134 valence electrons. The quantitative estimate of drug-likeness (QED) is 0.777. The molecule has 6 nitrogen and oxygen atoms in total. The number of anilines is 1. The Kier molecular flexibility index (Phi) is 6.03. The van der Waals surface area contributed by atoms with E-state index in [-0.39, 0.29) is 5.56 Å². The van der Waals surface area contributed by atoms with Crippen molar-refractivity contribution >= 4 is 28.2 Å². The van der Waals surface area contributed by atoms with Crippen molar-refractivity contribution in [2.45, 2.75) is 27.2 Å². The molecule has 0 saturated carbocycles. The van der Waals surface area contributed by atoms with E-state index in [0.717, 1.165) is 10.4 Å². The topological polar surface area (TPSA) is 84.9 Å². The van der Waals surface area contributed by atoms with Crippen molar-refractivity contribution in [2.75, 3.05) is 19.0 Å². The molecule has 1 aromatic carbocycles. The van der Waals surface area contributed by atoms with Crippen LogP contribution in [0, 0.1) is 6.92 Å². The number of amides is 1. The highest BCUT2D eigenvalue weighted by Crippen LogP contribution is 2.34. The Labute approximate surface area is 150 Å². The Morgan fingerprint density at radius 1 is 1.24 bits per heavy atom. The van der Waals surface area contributed by atoms with Gasteiger partial charge >= 0.3 is 5.97 Å². The average molecular weight is 363 g/mol. The second-order valence-electron chi connectivity index (χ2n) is 5.25. The summed E-state index contributed by atoms with van der Waals surface area (Å²) in [5, 5.41) is 12.5.